The average Bonchev–Trinajstić information content (AvgIpc) is 2.77. The van der Waals surface area contributed by atoms with E-state index in [4.69, 9.17) is 15.0 Å². The van der Waals surface area contributed by atoms with Crippen molar-refractivity contribution in [3.63, 3.8) is 0 Å². The molecule has 0 fully saturated rings. The number of ether oxygens (including phenoxy) is 1. The van der Waals surface area contributed by atoms with Gasteiger partial charge in [0.25, 0.3) is 5.91 Å². The Labute approximate surface area is 114 Å². The quantitative estimate of drug-likeness (QED) is 0.785. The van der Waals surface area contributed by atoms with Gasteiger partial charge in [-0.3, -0.25) is 4.79 Å². The van der Waals surface area contributed by atoms with Gasteiger partial charge in [0, 0.05) is 19.6 Å². The number of hydrogen-bond donors (Lipinski definition) is 1. The summed E-state index contributed by atoms with van der Waals surface area (Å²) in [4.78, 5) is 10.9. The van der Waals surface area contributed by atoms with Crippen LogP contribution in [-0.2, 0) is 11.2 Å². The van der Waals surface area contributed by atoms with Crippen LogP contribution >= 0.6 is 0 Å². The van der Waals surface area contributed by atoms with E-state index in [9.17, 15) is 4.79 Å². The zero-order chi connectivity index (χ0) is 14.5. The highest BCUT2D eigenvalue weighted by molar-refractivity contribution is 5.90. The molecule has 0 aliphatic heterocycles. The highest BCUT2D eigenvalue weighted by Gasteiger charge is 2.17. The molecule has 1 unspecified atom stereocenters. The van der Waals surface area contributed by atoms with Crippen LogP contribution in [0.3, 0.4) is 0 Å². The van der Waals surface area contributed by atoms with Gasteiger partial charge in [0.15, 0.2) is 5.69 Å². The van der Waals surface area contributed by atoms with Crippen molar-refractivity contribution in [1.82, 2.24) is 5.16 Å². The van der Waals surface area contributed by atoms with Gasteiger partial charge in [0.1, 0.15) is 5.76 Å². The summed E-state index contributed by atoms with van der Waals surface area (Å²) in [5.74, 6) is 0.637. The predicted octanol–water partition coefficient (Wildman–Crippen LogP) is 2.55. The van der Waals surface area contributed by atoms with Crippen molar-refractivity contribution < 1.29 is 14.1 Å². The summed E-state index contributed by atoms with van der Waals surface area (Å²) in [6.07, 6.45) is 3.97. The summed E-state index contributed by atoms with van der Waals surface area (Å²) in [6, 6.07) is 1.62. The van der Waals surface area contributed by atoms with Gasteiger partial charge in [0.2, 0.25) is 0 Å². The maximum Gasteiger partial charge on any atom is 0.270 e. The normalized spacial score (nSPS) is 13.5. The molecule has 2 N–H and O–H groups in total. The topological polar surface area (TPSA) is 78.4 Å². The van der Waals surface area contributed by atoms with Gasteiger partial charge >= 0.3 is 0 Å². The second kappa shape index (κ2) is 6.70. The number of nitrogens with two attached hydrogens (primary N) is 1. The molecule has 1 atom stereocenters. The minimum Gasteiger partial charge on any atom is -0.379 e. The van der Waals surface area contributed by atoms with Crippen LogP contribution in [0.15, 0.2) is 10.6 Å². The first-order valence-corrected chi connectivity index (χ1v) is 6.64. The summed E-state index contributed by atoms with van der Waals surface area (Å²) in [5.41, 5.74) is 5.26. The number of methoxy groups -OCH3 is 1. The summed E-state index contributed by atoms with van der Waals surface area (Å²) in [7, 11) is 1.74. The smallest absolute Gasteiger partial charge is 0.270 e. The Balaban J connectivity index is 2.34. The fourth-order valence-corrected chi connectivity index (χ4v) is 1.95. The second-order valence-corrected chi connectivity index (χ2v) is 5.71. The maximum absolute atomic E-state index is 10.9. The third kappa shape index (κ3) is 5.42. The largest absolute Gasteiger partial charge is 0.379 e. The Morgan fingerprint density at radius 3 is 2.79 bits per heavy atom. The van der Waals surface area contributed by atoms with Crippen LogP contribution in [0, 0.1) is 5.92 Å². The third-order valence-corrected chi connectivity index (χ3v) is 3.39. The Morgan fingerprint density at radius 2 is 2.26 bits per heavy atom. The Kier molecular flexibility index (Phi) is 5.54. The van der Waals surface area contributed by atoms with E-state index in [0.717, 1.165) is 25.7 Å². The zero-order valence-electron chi connectivity index (χ0n) is 12.2. The zero-order valence-corrected chi connectivity index (χ0v) is 12.2. The first kappa shape index (κ1) is 15.7. The van der Waals surface area contributed by atoms with E-state index in [1.807, 2.05) is 0 Å². The van der Waals surface area contributed by atoms with Gasteiger partial charge < -0.3 is 15.0 Å². The predicted molar refractivity (Wildman–Crippen MR) is 72.8 cm³/mol. The lowest BCUT2D eigenvalue weighted by atomic mass is 9.94. The van der Waals surface area contributed by atoms with Gasteiger partial charge in [-0.05, 0) is 26.2 Å². The van der Waals surface area contributed by atoms with E-state index in [1.165, 1.54) is 0 Å². The van der Waals surface area contributed by atoms with E-state index in [1.54, 1.807) is 13.2 Å². The standard InChI is InChI=1S/C14H24N2O3/c1-10(6-5-7-14(2,3)18-4)8-11-9-12(13(15)17)16-19-11/h9-10H,5-8H2,1-4H3,(H2,15,17). The molecule has 0 aliphatic carbocycles. The lowest BCUT2D eigenvalue weighted by Gasteiger charge is -2.23. The van der Waals surface area contributed by atoms with Gasteiger partial charge in [-0.25, -0.2) is 0 Å². The number of hydrogen-bond acceptors (Lipinski definition) is 4. The van der Waals surface area contributed by atoms with Gasteiger partial charge in [0.05, 0.1) is 5.60 Å². The molecule has 1 aromatic rings. The molecule has 0 aliphatic rings. The summed E-state index contributed by atoms with van der Waals surface area (Å²) in [5, 5.41) is 3.63. The van der Waals surface area contributed by atoms with Crippen LogP contribution in [0.2, 0.25) is 0 Å². The van der Waals surface area contributed by atoms with Crippen LogP contribution < -0.4 is 5.73 Å². The van der Waals surface area contributed by atoms with Crippen molar-refractivity contribution in [2.24, 2.45) is 11.7 Å². The Hall–Kier alpha value is -1.36. The second-order valence-electron chi connectivity index (χ2n) is 5.71. The molecular weight excluding hydrogens is 244 g/mol. The lowest BCUT2D eigenvalue weighted by molar-refractivity contribution is 0.0127. The molecule has 5 nitrogen and oxygen atoms in total. The number of carbonyl (C=O) groups is 1. The summed E-state index contributed by atoms with van der Waals surface area (Å²) in [6.45, 7) is 6.34. The lowest BCUT2D eigenvalue weighted by Crippen LogP contribution is -2.22. The molecule has 108 valence electrons. The number of rotatable bonds is 8. The van der Waals surface area contributed by atoms with Crippen molar-refractivity contribution in [2.75, 3.05) is 7.11 Å². The molecule has 1 heterocycles. The molecule has 0 saturated heterocycles. The number of primary amides is 1. The van der Waals surface area contributed by atoms with Gasteiger partial charge in [-0.2, -0.15) is 0 Å². The summed E-state index contributed by atoms with van der Waals surface area (Å²) < 4.78 is 10.5. The number of amides is 1. The first-order chi connectivity index (χ1) is 8.84. The van der Waals surface area contributed by atoms with Crippen molar-refractivity contribution >= 4 is 5.91 Å². The highest BCUT2D eigenvalue weighted by Crippen LogP contribution is 2.21. The van der Waals surface area contributed by atoms with Gasteiger partial charge in [-0.15, -0.1) is 0 Å². The third-order valence-electron chi connectivity index (χ3n) is 3.39. The van der Waals surface area contributed by atoms with Crippen molar-refractivity contribution in [3.05, 3.63) is 17.5 Å². The first-order valence-electron chi connectivity index (χ1n) is 6.64. The highest BCUT2D eigenvalue weighted by atomic mass is 16.5. The van der Waals surface area contributed by atoms with Crippen LogP contribution in [0.5, 0.6) is 0 Å². The number of aromatic nitrogens is 1. The Morgan fingerprint density at radius 1 is 1.58 bits per heavy atom. The van der Waals surface area contributed by atoms with Crippen LogP contribution in [0.4, 0.5) is 0 Å². The van der Waals surface area contributed by atoms with Crippen LogP contribution in [-0.4, -0.2) is 23.8 Å². The van der Waals surface area contributed by atoms with Crippen molar-refractivity contribution in [1.29, 1.82) is 0 Å². The maximum atomic E-state index is 10.9. The minimum absolute atomic E-state index is 0.0644. The number of carbonyl (C=O) groups excluding carboxylic acids is 1. The summed E-state index contributed by atoms with van der Waals surface area (Å²) >= 11 is 0. The average molecular weight is 268 g/mol. The van der Waals surface area contributed by atoms with Crippen molar-refractivity contribution in [3.8, 4) is 0 Å². The molecule has 5 heteroatoms. The van der Waals surface area contributed by atoms with E-state index >= 15 is 0 Å². The molecular formula is C14H24N2O3. The van der Waals surface area contributed by atoms with E-state index in [2.05, 4.69) is 25.9 Å². The van der Waals surface area contributed by atoms with Crippen molar-refractivity contribution in [2.45, 2.75) is 52.1 Å². The molecule has 0 bridgehead atoms. The number of nitrogens with zero attached hydrogens (tertiary/aromatic N) is 1. The Bertz CT molecular complexity index is 413. The van der Waals surface area contributed by atoms with E-state index < -0.39 is 5.91 Å². The molecule has 0 radical (unpaired) electrons. The van der Waals surface area contributed by atoms with Crippen LogP contribution in [0.1, 0.15) is 56.3 Å². The fourth-order valence-electron chi connectivity index (χ4n) is 1.95. The molecule has 1 aromatic heterocycles. The van der Waals surface area contributed by atoms with Crippen LogP contribution in [0.25, 0.3) is 0 Å². The van der Waals surface area contributed by atoms with Gasteiger partial charge in [-0.1, -0.05) is 24.9 Å². The fraction of sp³-hybridized carbons (Fsp3) is 0.714. The minimum atomic E-state index is -0.551. The molecule has 0 aromatic carbocycles. The molecule has 1 rings (SSSR count). The van der Waals surface area contributed by atoms with E-state index in [0.29, 0.717) is 11.7 Å². The van der Waals surface area contributed by atoms with E-state index in [-0.39, 0.29) is 11.3 Å². The molecule has 0 spiro atoms. The molecule has 0 saturated carbocycles. The SMILES string of the molecule is COC(C)(C)CCCC(C)Cc1cc(C(N)=O)no1. The monoisotopic (exact) mass is 268 g/mol. The molecule has 1 amide bonds. The molecule has 19 heavy (non-hydrogen) atoms.